The maximum absolute atomic E-state index is 13.3. The van der Waals surface area contributed by atoms with E-state index in [9.17, 15) is 14.0 Å². The normalized spacial score (nSPS) is 10.7. The van der Waals surface area contributed by atoms with Gasteiger partial charge in [-0.05, 0) is 36.8 Å². The quantitative estimate of drug-likeness (QED) is 0.801. The molecule has 0 saturated heterocycles. The van der Waals surface area contributed by atoms with E-state index in [2.05, 4.69) is 15.3 Å². The number of carbonyl (C=O) groups is 1. The summed E-state index contributed by atoms with van der Waals surface area (Å²) >= 11 is 0. The van der Waals surface area contributed by atoms with E-state index in [0.29, 0.717) is 11.3 Å². The highest BCUT2D eigenvalue weighted by Crippen LogP contribution is 2.10. The Morgan fingerprint density at radius 2 is 2.13 bits per heavy atom. The first kappa shape index (κ1) is 14.8. The molecule has 0 aliphatic carbocycles. The molecule has 0 atom stereocenters. The van der Waals surface area contributed by atoms with Gasteiger partial charge in [-0.3, -0.25) is 14.2 Å². The Morgan fingerprint density at radius 3 is 2.91 bits per heavy atom. The molecule has 6 nitrogen and oxygen atoms in total. The third-order valence-corrected chi connectivity index (χ3v) is 3.37. The summed E-state index contributed by atoms with van der Waals surface area (Å²) in [4.78, 5) is 32.5. The van der Waals surface area contributed by atoms with Gasteiger partial charge in [0.2, 0.25) is 5.91 Å². The molecule has 0 unspecified atom stereocenters. The second-order valence-corrected chi connectivity index (χ2v) is 5.06. The summed E-state index contributed by atoms with van der Waals surface area (Å²) in [5.74, 6) is -0.500. The van der Waals surface area contributed by atoms with Crippen LogP contribution in [0, 0.1) is 12.7 Å². The topological polar surface area (TPSA) is 76.9 Å². The molecule has 1 amide bonds. The van der Waals surface area contributed by atoms with Gasteiger partial charge < -0.3 is 5.32 Å². The van der Waals surface area contributed by atoms with Crippen LogP contribution >= 0.6 is 0 Å². The average Bonchev–Trinajstić information content (AvgIpc) is 2.53. The van der Waals surface area contributed by atoms with Crippen LogP contribution in [0.25, 0.3) is 10.9 Å². The molecule has 7 heteroatoms. The lowest BCUT2D eigenvalue weighted by molar-refractivity contribution is -0.116. The van der Waals surface area contributed by atoms with E-state index in [-0.39, 0.29) is 11.9 Å². The molecule has 0 bridgehead atoms. The second-order valence-electron chi connectivity index (χ2n) is 5.06. The van der Waals surface area contributed by atoms with Crippen LogP contribution in [0.5, 0.6) is 0 Å². The molecule has 0 aliphatic heterocycles. The van der Waals surface area contributed by atoms with Gasteiger partial charge in [-0.25, -0.2) is 14.4 Å². The summed E-state index contributed by atoms with van der Waals surface area (Å²) in [6.45, 7) is 1.59. The number of rotatable bonds is 3. The fourth-order valence-electron chi connectivity index (χ4n) is 2.19. The molecule has 2 heterocycles. The monoisotopic (exact) mass is 312 g/mol. The van der Waals surface area contributed by atoms with Gasteiger partial charge in [-0.15, -0.1) is 0 Å². The van der Waals surface area contributed by atoms with Gasteiger partial charge in [0.05, 0.1) is 17.2 Å². The molecule has 0 saturated carbocycles. The zero-order valence-electron chi connectivity index (χ0n) is 12.3. The maximum atomic E-state index is 13.3. The standard InChI is InChI=1S/C16H13FN4O2/c1-10-3-2-6-18-15(10)20-14(22)8-21-9-19-13-5-4-11(17)7-12(13)16(21)23/h2-7,9H,8H2,1H3,(H,18,20,22). The molecule has 116 valence electrons. The van der Waals surface area contributed by atoms with E-state index < -0.39 is 17.3 Å². The summed E-state index contributed by atoms with van der Waals surface area (Å²) in [5.41, 5.74) is 0.725. The zero-order chi connectivity index (χ0) is 16.4. The molecular weight excluding hydrogens is 299 g/mol. The number of hydrogen-bond acceptors (Lipinski definition) is 4. The Morgan fingerprint density at radius 1 is 1.30 bits per heavy atom. The number of halogens is 1. The van der Waals surface area contributed by atoms with Gasteiger partial charge in [0.15, 0.2) is 0 Å². The van der Waals surface area contributed by atoms with Crippen molar-refractivity contribution in [3.8, 4) is 0 Å². The van der Waals surface area contributed by atoms with Crippen molar-refractivity contribution >= 4 is 22.6 Å². The van der Waals surface area contributed by atoms with Crippen LogP contribution in [0.1, 0.15) is 5.56 Å². The first-order valence-corrected chi connectivity index (χ1v) is 6.91. The number of carbonyl (C=O) groups excluding carboxylic acids is 1. The number of nitrogens with zero attached hydrogens (tertiary/aromatic N) is 3. The first-order chi connectivity index (χ1) is 11.0. The fraction of sp³-hybridized carbons (Fsp3) is 0.125. The van der Waals surface area contributed by atoms with Crippen LogP contribution in [-0.2, 0) is 11.3 Å². The highest BCUT2D eigenvalue weighted by atomic mass is 19.1. The maximum Gasteiger partial charge on any atom is 0.261 e. The van der Waals surface area contributed by atoms with Gasteiger partial charge in [0.25, 0.3) is 5.56 Å². The molecular formula is C16H13FN4O2. The van der Waals surface area contributed by atoms with Crippen molar-refractivity contribution in [3.63, 3.8) is 0 Å². The highest BCUT2D eigenvalue weighted by Gasteiger charge is 2.10. The number of aromatic nitrogens is 3. The number of anilines is 1. The predicted molar refractivity (Wildman–Crippen MR) is 83.6 cm³/mol. The predicted octanol–water partition coefficient (Wildman–Crippen LogP) is 1.88. The Labute approximate surface area is 130 Å². The van der Waals surface area contributed by atoms with Gasteiger partial charge in [-0.2, -0.15) is 0 Å². The Bertz CT molecular complexity index is 952. The Kier molecular flexibility index (Phi) is 3.84. The van der Waals surface area contributed by atoms with Crippen molar-refractivity contribution in [2.24, 2.45) is 0 Å². The summed E-state index contributed by atoms with van der Waals surface area (Å²) < 4.78 is 14.4. The van der Waals surface area contributed by atoms with E-state index in [0.717, 1.165) is 16.2 Å². The zero-order valence-corrected chi connectivity index (χ0v) is 12.3. The minimum absolute atomic E-state index is 0.134. The molecule has 1 N–H and O–H groups in total. The van der Waals surface area contributed by atoms with Crippen LogP contribution in [-0.4, -0.2) is 20.4 Å². The molecule has 1 aromatic carbocycles. The lowest BCUT2D eigenvalue weighted by Gasteiger charge is -2.09. The van der Waals surface area contributed by atoms with Gasteiger partial charge in [-0.1, -0.05) is 6.07 Å². The third kappa shape index (κ3) is 3.08. The number of hydrogen-bond donors (Lipinski definition) is 1. The van der Waals surface area contributed by atoms with Crippen molar-refractivity contribution in [2.75, 3.05) is 5.32 Å². The van der Waals surface area contributed by atoms with Gasteiger partial charge >= 0.3 is 0 Å². The van der Waals surface area contributed by atoms with Crippen molar-refractivity contribution in [2.45, 2.75) is 13.5 Å². The average molecular weight is 312 g/mol. The van der Waals surface area contributed by atoms with Crippen molar-refractivity contribution in [1.82, 2.24) is 14.5 Å². The van der Waals surface area contributed by atoms with E-state index >= 15 is 0 Å². The fourth-order valence-corrected chi connectivity index (χ4v) is 2.19. The van der Waals surface area contributed by atoms with E-state index in [1.165, 1.54) is 18.5 Å². The van der Waals surface area contributed by atoms with Gasteiger partial charge in [0, 0.05) is 6.20 Å². The number of pyridine rings is 1. The SMILES string of the molecule is Cc1cccnc1NC(=O)Cn1cnc2ccc(F)cc2c1=O. The Balaban J connectivity index is 1.87. The molecule has 3 aromatic rings. The molecule has 23 heavy (non-hydrogen) atoms. The van der Waals surface area contributed by atoms with Crippen LogP contribution in [0.3, 0.4) is 0 Å². The number of fused-ring (bicyclic) bond motifs is 1. The van der Waals surface area contributed by atoms with Crippen LogP contribution in [0.2, 0.25) is 0 Å². The van der Waals surface area contributed by atoms with E-state index in [1.807, 2.05) is 13.0 Å². The molecule has 0 fully saturated rings. The highest BCUT2D eigenvalue weighted by molar-refractivity contribution is 5.90. The van der Waals surface area contributed by atoms with Crippen molar-refractivity contribution in [1.29, 1.82) is 0 Å². The van der Waals surface area contributed by atoms with Gasteiger partial charge in [0.1, 0.15) is 18.2 Å². The van der Waals surface area contributed by atoms with Crippen molar-refractivity contribution < 1.29 is 9.18 Å². The number of benzene rings is 1. The second kappa shape index (κ2) is 5.96. The summed E-state index contributed by atoms with van der Waals surface area (Å²) in [6.07, 6.45) is 2.84. The summed E-state index contributed by atoms with van der Waals surface area (Å²) in [7, 11) is 0. The van der Waals surface area contributed by atoms with Crippen LogP contribution in [0.4, 0.5) is 10.2 Å². The first-order valence-electron chi connectivity index (χ1n) is 6.91. The minimum Gasteiger partial charge on any atom is -0.309 e. The van der Waals surface area contributed by atoms with Crippen LogP contribution < -0.4 is 10.9 Å². The molecule has 2 aromatic heterocycles. The lowest BCUT2D eigenvalue weighted by atomic mass is 10.2. The smallest absolute Gasteiger partial charge is 0.261 e. The largest absolute Gasteiger partial charge is 0.309 e. The van der Waals surface area contributed by atoms with Crippen molar-refractivity contribution in [3.05, 3.63) is 64.6 Å². The summed E-state index contributed by atoms with van der Waals surface area (Å²) in [6, 6.07) is 7.35. The van der Waals surface area contributed by atoms with Crippen LogP contribution in [0.15, 0.2) is 47.7 Å². The third-order valence-electron chi connectivity index (χ3n) is 3.37. The number of aryl methyl sites for hydroxylation is 1. The molecule has 3 rings (SSSR count). The molecule has 0 radical (unpaired) electrons. The Hall–Kier alpha value is -3.09. The number of nitrogens with one attached hydrogen (secondary N) is 1. The minimum atomic E-state index is -0.525. The molecule has 0 aliphatic rings. The van der Waals surface area contributed by atoms with E-state index in [1.54, 1.807) is 12.3 Å². The number of amides is 1. The summed E-state index contributed by atoms with van der Waals surface area (Å²) in [5, 5.41) is 2.77. The lowest BCUT2D eigenvalue weighted by Crippen LogP contribution is -2.28. The molecule has 0 spiro atoms. The van der Waals surface area contributed by atoms with E-state index in [4.69, 9.17) is 0 Å².